The number of phenols is 2. The summed E-state index contributed by atoms with van der Waals surface area (Å²) in [7, 11) is 0. The summed E-state index contributed by atoms with van der Waals surface area (Å²) in [6.07, 6.45) is -14.3. The van der Waals surface area contributed by atoms with E-state index < -0.39 is 78.3 Å². The number of aliphatic hydroxyl groups is 6. The van der Waals surface area contributed by atoms with E-state index in [0.717, 1.165) is 6.07 Å². The SMILES string of the molecule is C[C@@H]1O[C@@H](Oc2cc(O)c3c(=O)c(O[C@@H]4O[C@H](C)[C@H](O)[C@H](O)[C@@H]4O)c(-c4ccc(O)cc4)oc3c2)[C@H](O)[C@H](O)[C@H]1O. The van der Waals surface area contributed by atoms with Gasteiger partial charge in [-0.15, -0.1) is 0 Å². The highest BCUT2D eigenvalue weighted by Crippen LogP contribution is 2.38. The number of hydrogen-bond donors (Lipinski definition) is 8. The van der Waals surface area contributed by atoms with Gasteiger partial charge in [0.15, 0.2) is 5.76 Å². The lowest BCUT2D eigenvalue weighted by Crippen LogP contribution is -2.58. The van der Waals surface area contributed by atoms with Gasteiger partial charge in [0.1, 0.15) is 64.8 Å². The molecule has 0 aliphatic carbocycles. The van der Waals surface area contributed by atoms with Crippen molar-refractivity contribution in [1.29, 1.82) is 0 Å². The highest BCUT2D eigenvalue weighted by atomic mass is 16.7. The van der Waals surface area contributed by atoms with Crippen LogP contribution >= 0.6 is 0 Å². The Labute approximate surface area is 231 Å². The number of aromatic hydroxyl groups is 2. The summed E-state index contributed by atoms with van der Waals surface area (Å²) in [4.78, 5) is 13.7. The van der Waals surface area contributed by atoms with Crippen LogP contribution in [-0.4, -0.2) is 102 Å². The predicted molar refractivity (Wildman–Crippen MR) is 137 cm³/mol. The van der Waals surface area contributed by atoms with Crippen molar-refractivity contribution in [3.63, 3.8) is 0 Å². The summed E-state index contributed by atoms with van der Waals surface area (Å²) in [5.74, 6) is -1.55. The van der Waals surface area contributed by atoms with Crippen molar-refractivity contribution in [3.8, 4) is 34.3 Å². The normalized spacial score (nSPS) is 34.0. The Morgan fingerprint density at radius 2 is 1.24 bits per heavy atom. The Balaban J connectivity index is 1.58. The Morgan fingerprint density at radius 3 is 1.80 bits per heavy atom. The molecule has 14 heteroatoms. The highest BCUT2D eigenvalue weighted by molar-refractivity contribution is 5.88. The average Bonchev–Trinajstić information content (AvgIpc) is 2.93. The van der Waals surface area contributed by atoms with Crippen molar-refractivity contribution in [2.45, 2.75) is 75.3 Å². The first kappa shape index (κ1) is 29.0. The lowest BCUT2D eigenvalue weighted by molar-refractivity contribution is -0.268. The van der Waals surface area contributed by atoms with E-state index in [1.807, 2.05) is 0 Å². The van der Waals surface area contributed by atoms with Gasteiger partial charge in [-0.05, 0) is 38.1 Å². The monoisotopic (exact) mass is 578 g/mol. The lowest BCUT2D eigenvalue weighted by Gasteiger charge is -2.39. The maximum absolute atomic E-state index is 13.7. The second-order valence-electron chi connectivity index (χ2n) is 10.1. The summed E-state index contributed by atoms with van der Waals surface area (Å²) in [5, 5.41) is 81.1. The third-order valence-corrected chi connectivity index (χ3v) is 7.14. The predicted octanol–water partition coefficient (Wildman–Crippen LogP) is -0.716. The van der Waals surface area contributed by atoms with Crippen LogP contribution in [-0.2, 0) is 9.47 Å². The molecule has 0 spiro atoms. The minimum Gasteiger partial charge on any atom is -0.508 e. The molecule has 2 fully saturated rings. The molecule has 5 rings (SSSR count). The maximum Gasteiger partial charge on any atom is 0.239 e. The highest BCUT2D eigenvalue weighted by Gasteiger charge is 2.45. The van der Waals surface area contributed by atoms with Gasteiger partial charge in [0.05, 0.1) is 12.2 Å². The molecule has 2 saturated heterocycles. The van der Waals surface area contributed by atoms with E-state index in [2.05, 4.69) is 0 Å². The van der Waals surface area contributed by atoms with Crippen molar-refractivity contribution in [3.05, 3.63) is 46.6 Å². The van der Waals surface area contributed by atoms with Gasteiger partial charge in [-0.25, -0.2) is 0 Å². The van der Waals surface area contributed by atoms with Gasteiger partial charge >= 0.3 is 0 Å². The summed E-state index contributed by atoms with van der Waals surface area (Å²) in [6, 6.07) is 7.71. The van der Waals surface area contributed by atoms with Crippen molar-refractivity contribution in [1.82, 2.24) is 0 Å². The van der Waals surface area contributed by atoms with E-state index in [1.54, 1.807) is 0 Å². The third kappa shape index (κ3) is 5.31. The molecule has 0 saturated carbocycles. The zero-order valence-corrected chi connectivity index (χ0v) is 21.8. The summed E-state index contributed by atoms with van der Waals surface area (Å²) in [5.41, 5.74) is -0.865. The lowest BCUT2D eigenvalue weighted by atomic mass is 10.00. The molecule has 8 N–H and O–H groups in total. The first-order valence-corrected chi connectivity index (χ1v) is 12.7. The van der Waals surface area contributed by atoms with Crippen LogP contribution < -0.4 is 14.9 Å². The molecule has 0 radical (unpaired) electrons. The fraction of sp³-hybridized carbons (Fsp3) is 0.444. The third-order valence-electron chi connectivity index (χ3n) is 7.14. The molecule has 0 bridgehead atoms. The smallest absolute Gasteiger partial charge is 0.239 e. The quantitative estimate of drug-likeness (QED) is 0.187. The average molecular weight is 579 g/mol. The minimum atomic E-state index is -1.76. The molecule has 1 aromatic heterocycles. The van der Waals surface area contributed by atoms with E-state index in [-0.39, 0.29) is 33.8 Å². The standard InChI is InChI=1S/C27H30O14/c1-9-17(30)20(33)22(35)26(37-9)39-13-7-14(29)16-15(8-13)40-24(11-3-5-12(28)6-4-11)25(19(16)32)41-27-23(36)21(34)18(31)10(2)38-27/h3-10,17-18,20-23,26-31,33-36H,1-2H3/t9-,10+,17-,18-,20+,21-,22+,23-,26-,27-/m0/s1. The molecule has 41 heavy (non-hydrogen) atoms. The fourth-order valence-electron chi connectivity index (χ4n) is 4.71. The maximum atomic E-state index is 13.7. The molecule has 0 unspecified atom stereocenters. The Kier molecular flexibility index (Phi) is 7.84. The van der Waals surface area contributed by atoms with Gasteiger partial charge in [0, 0.05) is 17.7 Å². The number of benzene rings is 2. The number of rotatable bonds is 5. The van der Waals surface area contributed by atoms with E-state index in [9.17, 15) is 45.6 Å². The molecular weight excluding hydrogens is 548 g/mol. The van der Waals surface area contributed by atoms with Crippen molar-refractivity contribution in [2.24, 2.45) is 0 Å². The number of fused-ring (bicyclic) bond motifs is 1. The summed E-state index contributed by atoms with van der Waals surface area (Å²) in [6.45, 7) is 2.90. The van der Waals surface area contributed by atoms with Gasteiger partial charge < -0.3 is 64.2 Å². The van der Waals surface area contributed by atoms with Crippen LogP contribution in [0.5, 0.6) is 23.0 Å². The second-order valence-corrected chi connectivity index (χ2v) is 10.1. The Morgan fingerprint density at radius 1 is 0.707 bits per heavy atom. The molecule has 3 aromatic rings. The van der Waals surface area contributed by atoms with E-state index >= 15 is 0 Å². The largest absolute Gasteiger partial charge is 0.508 e. The van der Waals surface area contributed by atoms with Gasteiger partial charge in [0.2, 0.25) is 23.8 Å². The van der Waals surface area contributed by atoms with Crippen LogP contribution in [0.4, 0.5) is 0 Å². The molecule has 2 aliphatic rings. The fourth-order valence-corrected chi connectivity index (χ4v) is 4.71. The van der Waals surface area contributed by atoms with Crippen molar-refractivity contribution < 1.29 is 64.2 Å². The summed E-state index contributed by atoms with van der Waals surface area (Å²) < 4.78 is 28.2. The molecule has 0 amide bonds. The number of aliphatic hydroxyl groups excluding tert-OH is 6. The first-order valence-electron chi connectivity index (χ1n) is 12.7. The number of hydrogen-bond acceptors (Lipinski definition) is 14. The van der Waals surface area contributed by atoms with Crippen molar-refractivity contribution in [2.75, 3.05) is 0 Å². The van der Waals surface area contributed by atoms with Crippen LogP contribution in [0.1, 0.15) is 13.8 Å². The first-order chi connectivity index (χ1) is 19.4. The molecule has 2 aliphatic heterocycles. The topological polar surface area (TPSA) is 229 Å². The van der Waals surface area contributed by atoms with Crippen LogP contribution in [0.25, 0.3) is 22.3 Å². The number of phenolic OH excluding ortho intramolecular Hbond substituents is 2. The van der Waals surface area contributed by atoms with Gasteiger partial charge in [-0.3, -0.25) is 4.79 Å². The Hall–Kier alpha value is -3.47. The Bertz CT molecular complexity index is 1460. The zero-order valence-electron chi connectivity index (χ0n) is 21.8. The molecular formula is C27H30O14. The number of ether oxygens (including phenoxy) is 4. The van der Waals surface area contributed by atoms with Crippen LogP contribution in [0.3, 0.4) is 0 Å². The van der Waals surface area contributed by atoms with Crippen LogP contribution in [0.15, 0.2) is 45.6 Å². The summed E-state index contributed by atoms with van der Waals surface area (Å²) >= 11 is 0. The molecule has 2 aromatic carbocycles. The minimum absolute atomic E-state index is 0.0859. The van der Waals surface area contributed by atoms with Crippen LogP contribution in [0, 0.1) is 0 Å². The molecule has 10 atom stereocenters. The van der Waals surface area contributed by atoms with E-state index in [0.29, 0.717) is 0 Å². The van der Waals surface area contributed by atoms with Gasteiger partial charge in [-0.2, -0.15) is 0 Å². The van der Waals surface area contributed by atoms with Gasteiger partial charge in [-0.1, -0.05) is 0 Å². The van der Waals surface area contributed by atoms with Crippen LogP contribution in [0.2, 0.25) is 0 Å². The zero-order chi connectivity index (χ0) is 29.7. The van der Waals surface area contributed by atoms with E-state index in [1.165, 1.54) is 44.2 Å². The molecule has 3 heterocycles. The molecule has 222 valence electrons. The second kappa shape index (κ2) is 11.1. The molecule has 14 nitrogen and oxygen atoms in total. The van der Waals surface area contributed by atoms with E-state index in [4.69, 9.17) is 23.4 Å². The van der Waals surface area contributed by atoms with Gasteiger partial charge in [0.25, 0.3) is 0 Å². The van der Waals surface area contributed by atoms with Crippen molar-refractivity contribution >= 4 is 11.0 Å².